The molecule has 0 aliphatic carbocycles. The number of nitrogens with zero attached hydrogens (tertiary/aromatic N) is 6. The second kappa shape index (κ2) is 6.47. The number of hydrogen-bond acceptors (Lipinski definition) is 10. The van der Waals surface area contributed by atoms with Crippen LogP contribution in [0.4, 0.5) is 0 Å². The van der Waals surface area contributed by atoms with Crippen LogP contribution in [0.15, 0.2) is 10.2 Å². The van der Waals surface area contributed by atoms with E-state index in [9.17, 15) is 29.4 Å². The Morgan fingerprint density at radius 3 is 1.71 bits per heavy atom. The van der Waals surface area contributed by atoms with E-state index >= 15 is 0 Å². The van der Waals surface area contributed by atoms with Gasteiger partial charge in [-0.3, -0.25) is 9.59 Å². The van der Waals surface area contributed by atoms with Gasteiger partial charge >= 0.3 is 23.9 Å². The molecule has 130 valence electrons. The number of hydrogen-bond donors (Lipinski definition) is 4. The van der Waals surface area contributed by atoms with Crippen LogP contribution in [0.1, 0.15) is 0 Å². The molecule has 0 fully saturated rings. The molecule has 2 bridgehead atoms. The Labute approximate surface area is 133 Å². The van der Waals surface area contributed by atoms with Gasteiger partial charge in [-0.05, 0) is 0 Å². The molecule has 3 aliphatic heterocycles. The fourth-order valence-corrected chi connectivity index (χ4v) is 2.09. The maximum absolute atomic E-state index is 11.4. The van der Waals surface area contributed by atoms with E-state index in [2.05, 4.69) is 10.2 Å². The molecule has 0 amide bonds. The van der Waals surface area contributed by atoms with Crippen molar-refractivity contribution in [3.05, 3.63) is 0 Å². The molecular weight excluding hydrogens is 332 g/mol. The SMILES string of the molecule is O=C(O)CN(CC(=O)O)N1CCN2N=C(C(=O)O)N1C(C(=O)O)=N2. The lowest BCUT2D eigenvalue weighted by Gasteiger charge is -2.38. The van der Waals surface area contributed by atoms with Crippen molar-refractivity contribution in [2.45, 2.75) is 0 Å². The summed E-state index contributed by atoms with van der Waals surface area (Å²) in [6.45, 7) is -1.83. The van der Waals surface area contributed by atoms with E-state index in [4.69, 9.17) is 10.2 Å². The number of carboxylic acid groups (broad SMARTS) is 4. The van der Waals surface area contributed by atoms with Crippen molar-refractivity contribution in [3.63, 3.8) is 0 Å². The van der Waals surface area contributed by atoms with E-state index in [-0.39, 0.29) is 13.1 Å². The summed E-state index contributed by atoms with van der Waals surface area (Å²) in [5.41, 5.74) is 0. The third-order valence-corrected chi connectivity index (χ3v) is 2.90. The van der Waals surface area contributed by atoms with Crippen molar-refractivity contribution in [1.29, 1.82) is 0 Å². The third-order valence-electron chi connectivity index (χ3n) is 2.90. The zero-order chi connectivity index (χ0) is 18.0. The van der Waals surface area contributed by atoms with Gasteiger partial charge in [0.05, 0.1) is 13.1 Å². The number of amidine groups is 2. The van der Waals surface area contributed by atoms with Crippen LogP contribution in [-0.2, 0) is 19.2 Å². The van der Waals surface area contributed by atoms with Crippen molar-refractivity contribution in [2.75, 3.05) is 26.2 Å². The molecule has 0 aromatic rings. The average molecular weight is 344 g/mol. The summed E-state index contributed by atoms with van der Waals surface area (Å²) < 4.78 is 0. The molecule has 0 unspecified atom stereocenters. The van der Waals surface area contributed by atoms with Gasteiger partial charge in [0.15, 0.2) is 0 Å². The van der Waals surface area contributed by atoms with Crippen molar-refractivity contribution in [3.8, 4) is 0 Å². The molecule has 4 N–H and O–H groups in total. The van der Waals surface area contributed by atoms with Gasteiger partial charge in [-0.25, -0.2) is 19.6 Å². The molecule has 14 nitrogen and oxygen atoms in total. The first-order valence-electron chi connectivity index (χ1n) is 6.38. The maximum atomic E-state index is 11.4. The standard InChI is InChI=1S/C10H12N6O8/c17-5(18)3-13(4-6(19)20)15-2-1-14-11-7(9(21)22)16(15)8(12-14)10(23)24/h1-4H2,(H,17,18)(H,19,20)(H,21,22)(H,23,24). The highest BCUT2D eigenvalue weighted by atomic mass is 16.4. The first kappa shape index (κ1) is 17.1. The summed E-state index contributed by atoms with van der Waals surface area (Å²) in [6, 6.07) is 0. The zero-order valence-corrected chi connectivity index (χ0v) is 11.9. The maximum Gasteiger partial charge on any atom is 0.375 e. The number of aliphatic carboxylic acids is 4. The number of fused-ring (bicyclic) bond motifs is 2. The highest BCUT2D eigenvalue weighted by Gasteiger charge is 2.43. The van der Waals surface area contributed by atoms with E-state index in [0.717, 1.165) is 15.2 Å². The monoisotopic (exact) mass is 344 g/mol. The first-order chi connectivity index (χ1) is 11.2. The Bertz CT molecular complexity index is 612. The van der Waals surface area contributed by atoms with Crippen molar-refractivity contribution < 1.29 is 39.6 Å². The Hall–Kier alpha value is -3.26. The number of rotatable bonds is 7. The van der Waals surface area contributed by atoms with E-state index in [1.54, 1.807) is 0 Å². The number of carbonyl (C=O) groups is 4. The molecule has 3 rings (SSSR count). The fourth-order valence-electron chi connectivity index (χ4n) is 2.09. The predicted molar refractivity (Wildman–Crippen MR) is 72.2 cm³/mol. The van der Waals surface area contributed by atoms with E-state index in [0.29, 0.717) is 5.01 Å². The minimum absolute atomic E-state index is 0.0835. The quantitative estimate of drug-likeness (QED) is 0.367. The third kappa shape index (κ3) is 3.39. The van der Waals surface area contributed by atoms with Gasteiger partial charge in [0, 0.05) is 0 Å². The summed E-state index contributed by atoms with van der Waals surface area (Å²) in [4.78, 5) is 44.7. The van der Waals surface area contributed by atoms with E-state index < -0.39 is 48.6 Å². The minimum Gasteiger partial charge on any atom is -0.480 e. The highest BCUT2D eigenvalue weighted by molar-refractivity contribution is 6.45. The van der Waals surface area contributed by atoms with E-state index in [1.807, 2.05) is 0 Å². The number of carboxylic acids is 4. The minimum atomic E-state index is -1.59. The van der Waals surface area contributed by atoms with Crippen LogP contribution in [0.3, 0.4) is 0 Å². The Kier molecular flexibility index (Phi) is 4.61. The number of hydrazone groups is 2. The van der Waals surface area contributed by atoms with Gasteiger partial charge in [0.2, 0.25) is 0 Å². The van der Waals surface area contributed by atoms with Crippen LogP contribution in [0, 0.1) is 0 Å². The Morgan fingerprint density at radius 1 is 0.875 bits per heavy atom. The van der Waals surface area contributed by atoms with Gasteiger partial charge in [-0.1, -0.05) is 0 Å². The largest absolute Gasteiger partial charge is 0.480 e. The summed E-state index contributed by atoms with van der Waals surface area (Å²) in [5.74, 6) is -7.46. The first-order valence-corrected chi connectivity index (χ1v) is 6.38. The Morgan fingerprint density at radius 2 is 1.33 bits per heavy atom. The fraction of sp³-hybridized carbons (Fsp3) is 0.400. The van der Waals surface area contributed by atoms with Crippen molar-refractivity contribution in [2.24, 2.45) is 10.2 Å². The second-order valence-electron chi connectivity index (χ2n) is 4.57. The smallest absolute Gasteiger partial charge is 0.375 e. The van der Waals surface area contributed by atoms with Crippen LogP contribution in [0.25, 0.3) is 0 Å². The van der Waals surface area contributed by atoms with Crippen LogP contribution >= 0.6 is 0 Å². The van der Waals surface area contributed by atoms with Gasteiger partial charge in [-0.15, -0.1) is 15.3 Å². The molecular formula is C10H12N6O8. The molecule has 24 heavy (non-hydrogen) atoms. The normalized spacial score (nSPS) is 17.4. The van der Waals surface area contributed by atoms with Crippen LogP contribution in [0.5, 0.6) is 0 Å². The zero-order valence-electron chi connectivity index (χ0n) is 11.9. The van der Waals surface area contributed by atoms with Crippen molar-refractivity contribution in [1.82, 2.24) is 20.3 Å². The van der Waals surface area contributed by atoms with Crippen LogP contribution in [0.2, 0.25) is 0 Å². The molecule has 0 spiro atoms. The lowest BCUT2D eigenvalue weighted by molar-refractivity contribution is -0.165. The molecule has 0 radical (unpaired) electrons. The summed E-state index contributed by atoms with van der Waals surface area (Å²) >= 11 is 0. The lowest BCUT2D eigenvalue weighted by Crippen LogP contribution is -2.62. The molecule has 0 saturated heterocycles. The van der Waals surface area contributed by atoms with Gasteiger partial charge < -0.3 is 20.4 Å². The van der Waals surface area contributed by atoms with Crippen LogP contribution < -0.4 is 0 Å². The van der Waals surface area contributed by atoms with Gasteiger partial charge in [0.1, 0.15) is 13.1 Å². The predicted octanol–water partition coefficient (Wildman–Crippen LogP) is -2.98. The topological polar surface area (TPSA) is 187 Å². The lowest BCUT2D eigenvalue weighted by atomic mass is 10.4. The van der Waals surface area contributed by atoms with Crippen molar-refractivity contribution >= 4 is 35.5 Å². The molecule has 3 heterocycles. The average Bonchev–Trinajstić information content (AvgIpc) is 2.75. The van der Waals surface area contributed by atoms with E-state index in [1.165, 1.54) is 0 Å². The highest BCUT2D eigenvalue weighted by Crippen LogP contribution is 2.18. The molecule has 14 heteroatoms. The molecule has 0 atom stereocenters. The molecule has 0 aromatic carbocycles. The number of hydrazine groups is 2. The van der Waals surface area contributed by atoms with Crippen LogP contribution in [-0.4, -0.2) is 102 Å². The summed E-state index contributed by atoms with van der Waals surface area (Å²) in [5, 5.41) is 46.6. The molecule has 0 saturated carbocycles. The van der Waals surface area contributed by atoms with Gasteiger partial charge in [0.25, 0.3) is 11.7 Å². The second-order valence-corrected chi connectivity index (χ2v) is 4.57. The summed E-state index contributed by atoms with van der Waals surface area (Å²) in [7, 11) is 0. The molecule has 0 aromatic heterocycles. The van der Waals surface area contributed by atoms with Gasteiger partial charge in [-0.2, -0.15) is 5.12 Å². The Balaban J connectivity index is 2.47. The molecule has 3 aliphatic rings. The summed E-state index contributed by atoms with van der Waals surface area (Å²) in [6.07, 6.45) is 0.